The van der Waals surface area contributed by atoms with Gasteiger partial charge >= 0.3 is 0 Å². The Morgan fingerprint density at radius 1 is 1.08 bits per heavy atom. The molecule has 3 rings (SSSR count). The second-order valence-electron chi connectivity index (χ2n) is 5.76. The zero-order chi connectivity index (χ0) is 18.0. The SMILES string of the molecule is Cl.Nc1ccc(CC(=O)N2CCN(S(=O)(=O)c3ccc(Cl)s3)CC2)cc1. The molecule has 10 heteroatoms. The van der Waals surface area contributed by atoms with Gasteiger partial charge in [-0.3, -0.25) is 4.79 Å². The second-order valence-corrected chi connectivity index (χ2v) is 9.64. The number of thiophene rings is 1. The highest BCUT2D eigenvalue weighted by Crippen LogP contribution is 2.28. The first kappa shape index (κ1) is 21.0. The van der Waals surface area contributed by atoms with Gasteiger partial charge in [-0.2, -0.15) is 4.31 Å². The van der Waals surface area contributed by atoms with E-state index in [2.05, 4.69) is 0 Å². The maximum Gasteiger partial charge on any atom is 0.252 e. The smallest absolute Gasteiger partial charge is 0.252 e. The second kappa shape index (κ2) is 8.58. The van der Waals surface area contributed by atoms with E-state index in [1.54, 1.807) is 23.1 Å². The number of piperazine rings is 1. The lowest BCUT2D eigenvalue weighted by Gasteiger charge is -2.33. The van der Waals surface area contributed by atoms with E-state index in [-0.39, 0.29) is 42.0 Å². The van der Waals surface area contributed by atoms with Crippen molar-refractivity contribution in [2.45, 2.75) is 10.6 Å². The number of nitrogens with two attached hydrogens (primary N) is 1. The third kappa shape index (κ3) is 4.69. The molecule has 1 aromatic carbocycles. The van der Waals surface area contributed by atoms with Gasteiger partial charge < -0.3 is 10.6 Å². The van der Waals surface area contributed by atoms with Crippen molar-refractivity contribution in [1.82, 2.24) is 9.21 Å². The predicted molar refractivity (Wildman–Crippen MR) is 106 cm³/mol. The number of hydrogen-bond donors (Lipinski definition) is 1. The summed E-state index contributed by atoms with van der Waals surface area (Å²) < 4.78 is 27.2. The Kier molecular flexibility index (Phi) is 6.92. The molecule has 2 aromatic rings. The van der Waals surface area contributed by atoms with Gasteiger partial charge in [0, 0.05) is 31.9 Å². The van der Waals surface area contributed by atoms with Crippen LogP contribution in [0.15, 0.2) is 40.6 Å². The van der Waals surface area contributed by atoms with Crippen LogP contribution in [0.25, 0.3) is 0 Å². The van der Waals surface area contributed by atoms with Crippen LogP contribution in [0.1, 0.15) is 5.56 Å². The molecule has 0 saturated carbocycles. The number of anilines is 1. The minimum Gasteiger partial charge on any atom is -0.399 e. The minimum atomic E-state index is -3.54. The monoisotopic (exact) mass is 435 g/mol. The highest BCUT2D eigenvalue weighted by Gasteiger charge is 2.31. The van der Waals surface area contributed by atoms with E-state index in [1.807, 2.05) is 12.1 Å². The molecular weight excluding hydrogens is 417 g/mol. The van der Waals surface area contributed by atoms with Gasteiger partial charge in [-0.1, -0.05) is 23.7 Å². The summed E-state index contributed by atoms with van der Waals surface area (Å²) in [6, 6.07) is 10.3. The van der Waals surface area contributed by atoms with Gasteiger partial charge in [0.05, 0.1) is 10.8 Å². The minimum absolute atomic E-state index is 0. The lowest BCUT2D eigenvalue weighted by atomic mass is 10.1. The zero-order valence-corrected chi connectivity index (χ0v) is 17.0. The van der Waals surface area contributed by atoms with Crippen LogP contribution in [0, 0.1) is 0 Å². The van der Waals surface area contributed by atoms with Crippen molar-refractivity contribution < 1.29 is 13.2 Å². The lowest BCUT2D eigenvalue weighted by molar-refractivity contribution is -0.131. The van der Waals surface area contributed by atoms with E-state index in [9.17, 15) is 13.2 Å². The van der Waals surface area contributed by atoms with Crippen molar-refractivity contribution in [3.63, 3.8) is 0 Å². The fourth-order valence-electron chi connectivity index (χ4n) is 2.66. The summed E-state index contributed by atoms with van der Waals surface area (Å²) in [6.45, 7) is 1.33. The lowest BCUT2D eigenvalue weighted by Crippen LogP contribution is -2.50. The van der Waals surface area contributed by atoms with Crippen LogP contribution >= 0.6 is 35.3 Å². The van der Waals surface area contributed by atoms with Crippen LogP contribution in [0.5, 0.6) is 0 Å². The summed E-state index contributed by atoms with van der Waals surface area (Å²) in [5.41, 5.74) is 7.19. The number of sulfonamides is 1. The molecule has 1 aliphatic heterocycles. The molecule has 1 amide bonds. The molecule has 0 spiro atoms. The van der Waals surface area contributed by atoms with Crippen LogP contribution < -0.4 is 5.73 Å². The van der Waals surface area contributed by atoms with Crippen molar-refractivity contribution >= 4 is 57.0 Å². The van der Waals surface area contributed by atoms with Crippen molar-refractivity contribution in [2.24, 2.45) is 0 Å². The van der Waals surface area contributed by atoms with E-state index in [0.717, 1.165) is 16.9 Å². The van der Waals surface area contributed by atoms with Gasteiger partial charge in [0.2, 0.25) is 5.91 Å². The van der Waals surface area contributed by atoms with Crippen molar-refractivity contribution in [1.29, 1.82) is 0 Å². The molecule has 142 valence electrons. The van der Waals surface area contributed by atoms with Crippen LogP contribution in [0.2, 0.25) is 4.34 Å². The van der Waals surface area contributed by atoms with Crippen LogP contribution in [-0.2, 0) is 21.2 Å². The summed E-state index contributed by atoms with van der Waals surface area (Å²) in [7, 11) is -3.54. The molecule has 0 radical (unpaired) electrons. The Bertz CT molecular complexity index is 861. The molecule has 0 bridgehead atoms. The highest BCUT2D eigenvalue weighted by molar-refractivity contribution is 7.91. The quantitative estimate of drug-likeness (QED) is 0.747. The summed E-state index contributed by atoms with van der Waals surface area (Å²) in [5.74, 6) is -0.0130. The first-order chi connectivity index (χ1) is 11.9. The fraction of sp³-hybridized carbons (Fsp3) is 0.312. The molecule has 2 N–H and O–H groups in total. The number of carbonyl (C=O) groups is 1. The average molecular weight is 436 g/mol. The molecule has 0 aliphatic carbocycles. The van der Waals surface area contributed by atoms with Gasteiger partial charge in [-0.15, -0.1) is 23.7 Å². The molecule has 2 heterocycles. The van der Waals surface area contributed by atoms with Gasteiger partial charge in [0.15, 0.2) is 0 Å². The summed E-state index contributed by atoms with van der Waals surface area (Å²) in [6.07, 6.45) is 0.285. The first-order valence-electron chi connectivity index (χ1n) is 7.74. The van der Waals surface area contributed by atoms with Gasteiger partial charge in [-0.05, 0) is 29.8 Å². The zero-order valence-electron chi connectivity index (χ0n) is 13.8. The topological polar surface area (TPSA) is 83.7 Å². The number of nitrogen functional groups attached to an aromatic ring is 1. The molecule has 26 heavy (non-hydrogen) atoms. The largest absolute Gasteiger partial charge is 0.399 e. The van der Waals surface area contributed by atoms with Crippen LogP contribution in [-0.4, -0.2) is 49.7 Å². The molecule has 1 aromatic heterocycles. The van der Waals surface area contributed by atoms with E-state index in [1.165, 1.54) is 10.4 Å². The highest BCUT2D eigenvalue weighted by atomic mass is 35.5. The Labute approximate surface area is 168 Å². The van der Waals surface area contributed by atoms with Crippen molar-refractivity contribution in [3.05, 3.63) is 46.3 Å². The van der Waals surface area contributed by atoms with E-state index < -0.39 is 10.0 Å². The van der Waals surface area contributed by atoms with Gasteiger partial charge in [-0.25, -0.2) is 8.42 Å². The van der Waals surface area contributed by atoms with Gasteiger partial charge in [0.1, 0.15) is 4.21 Å². The van der Waals surface area contributed by atoms with E-state index >= 15 is 0 Å². The molecule has 0 unspecified atom stereocenters. The Hall–Kier alpha value is -1.32. The van der Waals surface area contributed by atoms with E-state index in [0.29, 0.717) is 23.1 Å². The summed E-state index contributed by atoms with van der Waals surface area (Å²) in [5, 5.41) is 0. The number of benzene rings is 1. The predicted octanol–water partition coefficient (Wildman–Crippen LogP) is 2.48. The van der Waals surface area contributed by atoms with Crippen molar-refractivity contribution in [2.75, 3.05) is 31.9 Å². The van der Waals surface area contributed by atoms with Gasteiger partial charge in [0.25, 0.3) is 10.0 Å². The molecule has 0 atom stereocenters. The number of carbonyl (C=O) groups excluding carboxylic acids is 1. The molecule has 1 aliphatic rings. The third-order valence-corrected chi connectivity index (χ3v) is 7.67. The molecular formula is C16H19Cl2N3O3S2. The fourth-order valence-corrected chi connectivity index (χ4v) is 5.72. The Balaban J connectivity index is 0.00000243. The van der Waals surface area contributed by atoms with E-state index in [4.69, 9.17) is 17.3 Å². The van der Waals surface area contributed by atoms with Crippen LogP contribution in [0.3, 0.4) is 0 Å². The average Bonchev–Trinajstić information content (AvgIpc) is 3.04. The number of nitrogens with zero attached hydrogens (tertiary/aromatic N) is 2. The first-order valence-corrected chi connectivity index (χ1v) is 10.4. The summed E-state index contributed by atoms with van der Waals surface area (Å²) >= 11 is 6.88. The maximum atomic E-state index is 12.6. The third-order valence-electron chi connectivity index (χ3n) is 4.07. The number of amides is 1. The van der Waals surface area contributed by atoms with Crippen LogP contribution in [0.4, 0.5) is 5.69 Å². The molecule has 1 fully saturated rings. The Morgan fingerprint density at radius 2 is 1.69 bits per heavy atom. The normalized spacial score (nSPS) is 15.5. The maximum absolute atomic E-state index is 12.6. The number of halogens is 2. The Morgan fingerprint density at radius 3 is 2.23 bits per heavy atom. The number of rotatable bonds is 4. The molecule has 1 saturated heterocycles. The standard InChI is InChI=1S/C16H18ClN3O3S2.ClH/c17-14-5-6-16(24-14)25(22,23)20-9-7-19(8-10-20)15(21)11-12-1-3-13(18)4-2-12;/h1-6H,7-11,18H2;1H. The number of hydrogen-bond acceptors (Lipinski definition) is 5. The van der Waals surface area contributed by atoms with Crippen molar-refractivity contribution in [3.8, 4) is 0 Å². The summed E-state index contributed by atoms with van der Waals surface area (Å²) in [4.78, 5) is 14.1. The molecule has 6 nitrogen and oxygen atoms in total.